The lowest BCUT2D eigenvalue weighted by Gasteiger charge is -2.29. The first kappa shape index (κ1) is 35.4. The van der Waals surface area contributed by atoms with Crippen LogP contribution in [0.5, 0.6) is 5.88 Å². The fourth-order valence-electron chi connectivity index (χ4n) is 7.42. The molecule has 280 valence electrons. The molecule has 4 aromatic rings. The highest BCUT2D eigenvalue weighted by Gasteiger charge is 2.62. The van der Waals surface area contributed by atoms with Gasteiger partial charge in [0.15, 0.2) is 5.65 Å². The molecule has 3 aromatic heterocycles. The number of aromatic nitrogens is 5. The lowest BCUT2D eigenvalue weighted by atomic mass is 10.0. The van der Waals surface area contributed by atoms with E-state index < -0.39 is 68.5 Å². The molecular weight excluding hydrogens is 715 g/mol. The average Bonchev–Trinajstić information content (AvgIpc) is 4.11. The molecule has 2 saturated carbocycles. The van der Waals surface area contributed by atoms with E-state index in [0.717, 1.165) is 23.6 Å². The number of pyridine rings is 1. The van der Waals surface area contributed by atoms with Gasteiger partial charge in [-0.1, -0.05) is 43.2 Å². The molecular formula is C37H39N9O7S. The van der Waals surface area contributed by atoms with Gasteiger partial charge < -0.3 is 20.3 Å². The smallest absolute Gasteiger partial charge is 0.270 e. The Morgan fingerprint density at radius 2 is 1.78 bits per heavy atom. The fourth-order valence-corrected chi connectivity index (χ4v) is 8.78. The lowest BCUT2D eigenvalue weighted by molar-refractivity contribution is -0.141. The second-order valence-corrected chi connectivity index (χ2v) is 16.3. The van der Waals surface area contributed by atoms with Crippen LogP contribution in [0, 0.1) is 5.92 Å². The van der Waals surface area contributed by atoms with E-state index in [1.165, 1.54) is 29.8 Å². The van der Waals surface area contributed by atoms with Crippen molar-refractivity contribution in [2.75, 3.05) is 6.54 Å². The Balaban J connectivity index is 1.12. The third-order valence-electron chi connectivity index (χ3n) is 10.6. The molecule has 1 saturated heterocycles. The molecule has 2 aliphatic heterocycles. The van der Waals surface area contributed by atoms with Crippen LogP contribution in [0.3, 0.4) is 0 Å². The van der Waals surface area contributed by atoms with Crippen molar-refractivity contribution in [3.8, 4) is 5.88 Å². The number of hydrogen-bond donors (Lipinski definition) is 3. The fraction of sp³-hybridized carbons (Fsp3) is 0.432. The first-order valence-electron chi connectivity index (χ1n) is 18.2. The van der Waals surface area contributed by atoms with Crippen LogP contribution in [-0.4, -0.2) is 97.4 Å². The molecule has 0 bridgehead atoms. The largest absolute Gasteiger partial charge is 0.472 e. The topological polar surface area (TPSA) is 215 Å². The Hall–Kier alpha value is -5.58. The van der Waals surface area contributed by atoms with E-state index in [-0.39, 0.29) is 31.0 Å². The number of carbonyl (C=O) groups excluding carboxylic acids is 4. The zero-order chi connectivity index (χ0) is 37.5. The molecule has 3 fully saturated rings. The quantitative estimate of drug-likeness (QED) is 0.183. The summed E-state index contributed by atoms with van der Waals surface area (Å²) in [7, 11) is -3.90. The zero-order valence-electron chi connectivity index (χ0n) is 29.3. The molecule has 1 aromatic carbocycles. The molecule has 8 rings (SSSR count). The Morgan fingerprint density at radius 3 is 2.57 bits per heavy atom. The molecule has 5 heterocycles. The summed E-state index contributed by atoms with van der Waals surface area (Å²) in [6.07, 6.45) is 13.1. The summed E-state index contributed by atoms with van der Waals surface area (Å²) in [5, 5.41) is 7.31. The van der Waals surface area contributed by atoms with Crippen molar-refractivity contribution < 1.29 is 32.3 Å². The number of amides is 4. The molecule has 4 amide bonds. The third kappa shape index (κ3) is 7.07. The van der Waals surface area contributed by atoms with Gasteiger partial charge in [0.05, 0.1) is 11.8 Å². The van der Waals surface area contributed by atoms with Crippen molar-refractivity contribution >= 4 is 55.5 Å². The first-order chi connectivity index (χ1) is 26.1. The Kier molecular flexibility index (Phi) is 9.41. The number of ether oxygens (including phenoxy) is 1. The molecule has 4 aliphatic rings. The minimum atomic E-state index is -3.90. The van der Waals surface area contributed by atoms with E-state index in [1.807, 2.05) is 36.4 Å². The van der Waals surface area contributed by atoms with Crippen molar-refractivity contribution in [3.05, 3.63) is 73.2 Å². The predicted octanol–water partition coefficient (Wildman–Crippen LogP) is 2.12. The van der Waals surface area contributed by atoms with E-state index in [9.17, 15) is 27.6 Å². The van der Waals surface area contributed by atoms with Crippen LogP contribution in [0.1, 0.15) is 68.3 Å². The number of nitrogens with one attached hydrogen (secondary N) is 3. The number of hydrogen-bond acceptors (Lipinski definition) is 12. The van der Waals surface area contributed by atoms with Gasteiger partial charge in [-0.15, -0.1) is 0 Å². The summed E-state index contributed by atoms with van der Waals surface area (Å²) >= 11 is 0. The molecule has 0 radical (unpaired) electrons. The van der Waals surface area contributed by atoms with Crippen molar-refractivity contribution in [2.45, 2.75) is 86.8 Å². The van der Waals surface area contributed by atoms with Crippen molar-refractivity contribution in [1.82, 2.24) is 45.2 Å². The zero-order valence-corrected chi connectivity index (χ0v) is 30.1. The minimum absolute atomic E-state index is 0.0283. The van der Waals surface area contributed by atoms with Crippen LogP contribution in [0.2, 0.25) is 0 Å². The van der Waals surface area contributed by atoms with Crippen molar-refractivity contribution in [3.63, 3.8) is 0 Å². The van der Waals surface area contributed by atoms with E-state index >= 15 is 0 Å². The molecule has 0 spiro atoms. The van der Waals surface area contributed by atoms with Crippen LogP contribution < -0.4 is 20.1 Å². The van der Waals surface area contributed by atoms with E-state index in [0.29, 0.717) is 43.1 Å². The maximum atomic E-state index is 14.6. The molecule has 2 aliphatic carbocycles. The van der Waals surface area contributed by atoms with Gasteiger partial charge in [-0.05, 0) is 56.0 Å². The highest BCUT2D eigenvalue weighted by molar-refractivity contribution is 7.91. The maximum Gasteiger partial charge on any atom is 0.270 e. The minimum Gasteiger partial charge on any atom is -0.472 e. The van der Waals surface area contributed by atoms with Crippen LogP contribution in [0.25, 0.3) is 21.8 Å². The number of allylic oxidation sites excluding steroid dienone is 1. The van der Waals surface area contributed by atoms with Gasteiger partial charge >= 0.3 is 0 Å². The maximum absolute atomic E-state index is 14.6. The van der Waals surface area contributed by atoms with Crippen molar-refractivity contribution in [2.24, 2.45) is 5.92 Å². The number of fused-ring (bicyclic) bond motifs is 5. The molecule has 5 atom stereocenters. The summed E-state index contributed by atoms with van der Waals surface area (Å²) in [6.45, 7) is -0.0345. The van der Waals surface area contributed by atoms with Crippen molar-refractivity contribution in [1.29, 1.82) is 0 Å². The second kappa shape index (κ2) is 14.3. The predicted molar refractivity (Wildman–Crippen MR) is 194 cm³/mol. The standard InChI is InChI=1S/C37H39N9O7S/c47-32(28-14-15-38-20-40-28)42-29-11-5-3-1-2-4-8-22-17-37(22,36(50)45-54(51,52)24-12-13-24)44-33(48)30-16-23(19-46(30)35(29)49)53-34-26-10-7-6-9-25(26)27-18-39-21-41-31(27)43-34/h4,6-10,14-15,18,20-24,29-30H,1-3,5,11-13,16-17,19H2,(H,42,47)(H,44,48)(H,45,50)/b8-4-/t22-,23-,29+,30+,37-/m1/s1. The molecule has 3 N–H and O–H groups in total. The highest BCUT2D eigenvalue weighted by atomic mass is 32.2. The Labute approximate surface area is 310 Å². The average molecular weight is 754 g/mol. The van der Waals surface area contributed by atoms with Gasteiger partial charge in [0.2, 0.25) is 27.7 Å². The second-order valence-electron chi connectivity index (χ2n) is 14.3. The van der Waals surface area contributed by atoms with Crippen LogP contribution in [-0.2, 0) is 24.4 Å². The van der Waals surface area contributed by atoms with Crippen LogP contribution in [0.4, 0.5) is 0 Å². The SMILES string of the molecule is O=C(N[C@H]1CCCCC/C=C\[C@@H]2C[C@@]2(C(=O)NS(=O)(=O)C2CC2)NC(=O)[C@@H]2C[C@@H](Oc3nc4ncncc4c4ccccc34)CN2C1=O)c1ccncn1. The van der Waals surface area contributed by atoms with Gasteiger partial charge in [0.25, 0.3) is 11.8 Å². The molecule has 0 unspecified atom stereocenters. The summed E-state index contributed by atoms with van der Waals surface area (Å²) in [5.74, 6) is -2.67. The van der Waals surface area contributed by atoms with E-state index in [2.05, 4.69) is 40.3 Å². The van der Waals surface area contributed by atoms with E-state index in [4.69, 9.17) is 4.74 Å². The molecule has 16 nitrogen and oxygen atoms in total. The van der Waals surface area contributed by atoms with Gasteiger partial charge in [0.1, 0.15) is 42.1 Å². The molecule has 54 heavy (non-hydrogen) atoms. The monoisotopic (exact) mass is 753 g/mol. The first-order valence-corrected chi connectivity index (χ1v) is 19.7. The Morgan fingerprint density at radius 1 is 0.963 bits per heavy atom. The number of benzene rings is 1. The molecule has 17 heteroatoms. The summed E-state index contributed by atoms with van der Waals surface area (Å²) in [4.78, 5) is 78.5. The lowest BCUT2D eigenvalue weighted by Crippen LogP contribution is -2.58. The van der Waals surface area contributed by atoms with Crippen LogP contribution >= 0.6 is 0 Å². The number of sulfonamides is 1. The highest BCUT2D eigenvalue weighted by Crippen LogP contribution is 2.46. The third-order valence-corrected chi connectivity index (χ3v) is 12.4. The summed E-state index contributed by atoms with van der Waals surface area (Å²) in [6, 6.07) is 6.80. The summed E-state index contributed by atoms with van der Waals surface area (Å²) < 4.78 is 34.4. The van der Waals surface area contributed by atoms with Gasteiger partial charge in [0, 0.05) is 35.5 Å². The Bertz CT molecular complexity index is 2270. The van der Waals surface area contributed by atoms with Gasteiger partial charge in [-0.25, -0.2) is 28.4 Å². The number of carbonyl (C=O) groups is 4. The number of rotatable bonds is 7. The number of nitrogens with zero attached hydrogens (tertiary/aromatic N) is 6. The normalized spacial score (nSPS) is 26.8. The van der Waals surface area contributed by atoms with E-state index in [1.54, 1.807) is 6.20 Å². The summed E-state index contributed by atoms with van der Waals surface area (Å²) in [5.41, 5.74) is -1.02. The van der Waals surface area contributed by atoms with Gasteiger partial charge in [-0.2, -0.15) is 4.98 Å². The van der Waals surface area contributed by atoms with Gasteiger partial charge in [-0.3, -0.25) is 23.9 Å². The van der Waals surface area contributed by atoms with Crippen LogP contribution in [0.15, 0.2) is 67.5 Å².